The predicted molar refractivity (Wildman–Crippen MR) is 92.4 cm³/mol. The fourth-order valence-electron chi connectivity index (χ4n) is 3.67. The topological polar surface area (TPSA) is 61.0 Å². The SMILES string of the molecule is O=C(NC1CC1)[C@H](c1ccc(F)cc1)N1CCC[C@@H](c2ccn[nH]2)C1. The van der Waals surface area contributed by atoms with Gasteiger partial charge in [0.05, 0.1) is 0 Å². The van der Waals surface area contributed by atoms with Gasteiger partial charge in [-0.05, 0) is 56.0 Å². The minimum Gasteiger partial charge on any atom is -0.352 e. The third kappa shape index (κ3) is 3.74. The molecular formula is C19H23FN4O. The van der Waals surface area contributed by atoms with Crippen LogP contribution >= 0.6 is 0 Å². The highest BCUT2D eigenvalue weighted by atomic mass is 19.1. The van der Waals surface area contributed by atoms with Crippen molar-refractivity contribution in [3.05, 3.63) is 53.6 Å². The van der Waals surface area contributed by atoms with E-state index in [2.05, 4.69) is 20.4 Å². The van der Waals surface area contributed by atoms with Crippen LogP contribution in [-0.4, -0.2) is 40.1 Å². The van der Waals surface area contributed by atoms with Crippen LogP contribution in [0.5, 0.6) is 0 Å². The van der Waals surface area contributed by atoms with Crippen molar-refractivity contribution in [2.24, 2.45) is 0 Å². The van der Waals surface area contributed by atoms with Crippen molar-refractivity contribution < 1.29 is 9.18 Å². The first kappa shape index (κ1) is 16.3. The number of hydrogen-bond acceptors (Lipinski definition) is 3. The third-order valence-corrected chi connectivity index (χ3v) is 5.14. The summed E-state index contributed by atoms with van der Waals surface area (Å²) in [6.45, 7) is 1.66. The van der Waals surface area contributed by atoms with Gasteiger partial charge in [0.1, 0.15) is 11.9 Å². The van der Waals surface area contributed by atoms with E-state index < -0.39 is 0 Å². The van der Waals surface area contributed by atoms with Crippen molar-refractivity contribution in [1.82, 2.24) is 20.4 Å². The van der Waals surface area contributed by atoms with Crippen LogP contribution in [0, 0.1) is 5.82 Å². The van der Waals surface area contributed by atoms with Gasteiger partial charge in [-0.3, -0.25) is 14.8 Å². The van der Waals surface area contributed by atoms with Crippen LogP contribution in [-0.2, 0) is 4.79 Å². The summed E-state index contributed by atoms with van der Waals surface area (Å²) >= 11 is 0. The molecule has 6 heteroatoms. The maximum atomic E-state index is 13.3. The highest BCUT2D eigenvalue weighted by molar-refractivity contribution is 5.83. The first-order valence-electron chi connectivity index (χ1n) is 9.00. The molecule has 2 heterocycles. The first-order chi connectivity index (χ1) is 12.2. The molecule has 4 rings (SSSR count). The lowest BCUT2D eigenvalue weighted by Gasteiger charge is -2.37. The molecule has 5 nitrogen and oxygen atoms in total. The zero-order valence-electron chi connectivity index (χ0n) is 14.1. The van der Waals surface area contributed by atoms with Crippen LogP contribution in [0.15, 0.2) is 36.5 Å². The largest absolute Gasteiger partial charge is 0.352 e. The van der Waals surface area contributed by atoms with E-state index >= 15 is 0 Å². The second-order valence-electron chi connectivity index (χ2n) is 7.08. The van der Waals surface area contributed by atoms with E-state index in [4.69, 9.17) is 0 Å². The maximum Gasteiger partial charge on any atom is 0.242 e. The van der Waals surface area contributed by atoms with Crippen LogP contribution in [0.25, 0.3) is 0 Å². The number of rotatable bonds is 5. The lowest BCUT2D eigenvalue weighted by atomic mass is 9.92. The molecule has 0 bridgehead atoms. The molecular weight excluding hydrogens is 319 g/mol. The maximum absolute atomic E-state index is 13.3. The number of nitrogens with zero attached hydrogens (tertiary/aromatic N) is 2. The number of H-pyrrole nitrogens is 1. The first-order valence-corrected chi connectivity index (χ1v) is 9.00. The Morgan fingerprint density at radius 1 is 1.24 bits per heavy atom. The fourth-order valence-corrected chi connectivity index (χ4v) is 3.67. The van der Waals surface area contributed by atoms with Crippen molar-refractivity contribution in [1.29, 1.82) is 0 Å². The molecule has 0 radical (unpaired) electrons. The molecule has 2 aromatic rings. The summed E-state index contributed by atoms with van der Waals surface area (Å²) in [6.07, 6.45) is 5.99. The summed E-state index contributed by atoms with van der Waals surface area (Å²) in [7, 11) is 0. The Kier molecular flexibility index (Phi) is 4.53. The molecule has 1 aromatic carbocycles. The number of piperidine rings is 1. The number of halogens is 1. The molecule has 1 aliphatic heterocycles. The second-order valence-corrected chi connectivity index (χ2v) is 7.08. The smallest absolute Gasteiger partial charge is 0.242 e. The van der Waals surface area contributed by atoms with E-state index in [0.29, 0.717) is 12.0 Å². The van der Waals surface area contributed by atoms with Gasteiger partial charge in [0.15, 0.2) is 0 Å². The van der Waals surface area contributed by atoms with Crippen molar-refractivity contribution in [3.8, 4) is 0 Å². The molecule has 1 saturated heterocycles. The fraction of sp³-hybridized carbons (Fsp3) is 0.474. The van der Waals surface area contributed by atoms with Gasteiger partial charge in [0.25, 0.3) is 0 Å². The molecule has 2 fully saturated rings. The van der Waals surface area contributed by atoms with E-state index in [1.54, 1.807) is 18.3 Å². The van der Waals surface area contributed by atoms with E-state index in [9.17, 15) is 9.18 Å². The molecule has 1 amide bonds. The number of likely N-dealkylation sites (tertiary alicyclic amines) is 1. The number of hydrogen-bond donors (Lipinski definition) is 2. The normalized spacial score (nSPS) is 22.5. The predicted octanol–water partition coefficient (Wildman–Crippen LogP) is 2.75. The lowest BCUT2D eigenvalue weighted by molar-refractivity contribution is -0.127. The summed E-state index contributed by atoms with van der Waals surface area (Å²) < 4.78 is 13.3. The lowest BCUT2D eigenvalue weighted by Crippen LogP contribution is -2.45. The van der Waals surface area contributed by atoms with Crippen molar-refractivity contribution in [3.63, 3.8) is 0 Å². The van der Waals surface area contributed by atoms with Crippen LogP contribution < -0.4 is 5.32 Å². The van der Waals surface area contributed by atoms with Crippen molar-refractivity contribution in [2.75, 3.05) is 13.1 Å². The van der Waals surface area contributed by atoms with Crippen molar-refractivity contribution >= 4 is 5.91 Å². The number of aromatic nitrogens is 2. The number of nitrogens with one attached hydrogen (secondary N) is 2. The summed E-state index contributed by atoms with van der Waals surface area (Å²) in [5.74, 6) is 0.0892. The van der Waals surface area contributed by atoms with Crippen molar-refractivity contribution in [2.45, 2.75) is 43.7 Å². The Bertz CT molecular complexity index is 712. The quantitative estimate of drug-likeness (QED) is 0.878. The minimum atomic E-state index is -0.369. The molecule has 25 heavy (non-hydrogen) atoms. The number of carbonyl (C=O) groups is 1. The molecule has 2 atom stereocenters. The van der Waals surface area contributed by atoms with Gasteiger partial charge in [-0.25, -0.2) is 4.39 Å². The Balaban J connectivity index is 1.57. The number of carbonyl (C=O) groups excluding carboxylic acids is 1. The Morgan fingerprint density at radius 3 is 2.72 bits per heavy atom. The van der Waals surface area contributed by atoms with Gasteiger partial charge >= 0.3 is 0 Å². The molecule has 2 aliphatic rings. The van der Waals surface area contributed by atoms with Crippen LogP contribution in [0.2, 0.25) is 0 Å². The average molecular weight is 342 g/mol. The van der Waals surface area contributed by atoms with E-state index in [1.165, 1.54) is 12.1 Å². The summed E-state index contributed by atoms with van der Waals surface area (Å²) in [4.78, 5) is 15.1. The van der Waals surface area contributed by atoms with Crippen LogP contribution in [0.3, 0.4) is 0 Å². The van der Waals surface area contributed by atoms with Crippen LogP contribution in [0.4, 0.5) is 4.39 Å². The number of amides is 1. The van der Waals surface area contributed by atoms with Gasteiger partial charge in [-0.1, -0.05) is 12.1 Å². The molecule has 132 valence electrons. The molecule has 2 N–H and O–H groups in total. The van der Waals surface area contributed by atoms with Gasteiger partial charge < -0.3 is 5.32 Å². The molecule has 0 spiro atoms. The zero-order chi connectivity index (χ0) is 17.2. The van der Waals surface area contributed by atoms with Crippen LogP contribution in [0.1, 0.15) is 48.9 Å². The molecule has 1 saturated carbocycles. The van der Waals surface area contributed by atoms with Gasteiger partial charge in [0, 0.05) is 30.4 Å². The molecule has 0 unspecified atom stereocenters. The number of benzene rings is 1. The average Bonchev–Trinajstić information content (AvgIpc) is 3.25. The van der Waals surface area contributed by atoms with Gasteiger partial charge in [0.2, 0.25) is 5.91 Å². The highest BCUT2D eigenvalue weighted by Gasteiger charge is 2.35. The zero-order valence-corrected chi connectivity index (χ0v) is 14.1. The summed E-state index contributed by atoms with van der Waals surface area (Å²) in [6, 6.07) is 8.27. The molecule has 1 aromatic heterocycles. The Hall–Kier alpha value is -2.21. The summed E-state index contributed by atoms with van der Waals surface area (Å²) in [5, 5.41) is 10.2. The van der Waals surface area contributed by atoms with Gasteiger partial charge in [-0.2, -0.15) is 5.10 Å². The van der Waals surface area contributed by atoms with E-state index in [-0.39, 0.29) is 17.8 Å². The van der Waals surface area contributed by atoms with E-state index in [0.717, 1.165) is 50.0 Å². The molecule has 1 aliphatic carbocycles. The van der Waals surface area contributed by atoms with E-state index in [1.807, 2.05) is 6.07 Å². The highest BCUT2D eigenvalue weighted by Crippen LogP contribution is 2.32. The summed E-state index contributed by atoms with van der Waals surface area (Å²) in [5.41, 5.74) is 1.97. The monoisotopic (exact) mass is 342 g/mol. The van der Waals surface area contributed by atoms with Gasteiger partial charge in [-0.15, -0.1) is 0 Å². The third-order valence-electron chi connectivity index (χ3n) is 5.14. The Labute approximate surface area is 146 Å². The standard InChI is InChI=1S/C19H23FN4O/c20-15-5-3-13(4-6-15)18(19(25)22-16-7-8-16)24-11-1-2-14(12-24)17-9-10-21-23-17/h3-6,9-10,14,16,18H,1-2,7-8,11-12H2,(H,21,23)(H,22,25)/t14-,18+/m1/s1. The number of aromatic amines is 1. The minimum absolute atomic E-state index is 0.0272. The second kappa shape index (κ2) is 6.96. The Morgan fingerprint density at radius 2 is 2.04 bits per heavy atom.